The number of piperidine rings is 1. The lowest BCUT2D eigenvalue weighted by Gasteiger charge is -2.15. The minimum absolute atomic E-state index is 0.0447. The normalized spacial score (nSPS) is 26.3. The lowest BCUT2D eigenvalue weighted by molar-refractivity contribution is -0.142. The highest BCUT2D eigenvalue weighted by molar-refractivity contribution is 7.10. The molecule has 1 saturated carbocycles. The first kappa shape index (κ1) is 10.6. The van der Waals surface area contributed by atoms with Gasteiger partial charge in [-0.05, 0) is 13.3 Å². The van der Waals surface area contributed by atoms with Gasteiger partial charge in [-0.25, -0.2) is 0 Å². The van der Waals surface area contributed by atoms with Crippen LogP contribution >= 0.6 is 11.5 Å². The van der Waals surface area contributed by atoms with E-state index < -0.39 is 0 Å². The lowest BCUT2D eigenvalue weighted by Crippen LogP contribution is -2.32. The zero-order chi connectivity index (χ0) is 12.0. The molecule has 0 radical (unpaired) electrons. The van der Waals surface area contributed by atoms with Crippen molar-refractivity contribution < 1.29 is 9.59 Å². The Labute approximate surface area is 102 Å². The van der Waals surface area contributed by atoms with Crippen molar-refractivity contribution in [2.75, 3.05) is 11.9 Å². The van der Waals surface area contributed by atoms with Crippen molar-refractivity contribution >= 4 is 28.3 Å². The van der Waals surface area contributed by atoms with Crippen molar-refractivity contribution in [1.29, 1.82) is 0 Å². The summed E-state index contributed by atoms with van der Waals surface area (Å²) in [4.78, 5) is 24.9. The molecule has 6 nitrogen and oxygen atoms in total. The summed E-state index contributed by atoms with van der Waals surface area (Å²) in [6.45, 7) is 3.00. The van der Waals surface area contributed by atoms with E-state index in [1.54, 1.807) is 0 Å². The Balaban J connectivity index is 1.76. The van der Waals surface area contributed by atoms with Crippen molar-refractivity contribution in [3.63, 3.8) is 0 Å². The largest absolute Gasteiger partial charge is 0.374 e. The highest BCUT2D eigenvalue weighted by atomic mass is 32.1. The Hall–Kier alpha value is -1.50. The van der Waals surface area contributed by atoms with Crippen LogP contribution in [0.25, 0.3) is 0 Å². The third-order valence-corrected chi connectivity index (χ3v) is 3.88. The van der Waals surface area contributed by atoms with Gasteiger partial charge in [0.15, 0.2) is 0 Å². The smallest absolute Gasteiger partial charge is 0.233 e. The van der Waals surface area contributed by atoms with E-state index in [4.69, 9.17) is 0 Å². The summed E-state index contributed by atoms with van der Waals surface area (Å²) >= 11 is 1.25. The van der Waals surface area contributed by atoms with E-state index in [9.17, 15) is 9.59 Å². The fourth-order valence-electron chi connectivity index (χ4n) is 2.16. The fraction of sp³-hybridized carbons (Fsp3) is 0.600. The number of carbonyl (C=O) groups excluding carboxylic acids is 2. The van der Waals surface area contributed by atoms with E-state index >= 15 is 0 Å². The molecule has 17 heavy (non-hydrogen) atoms. The average Bonchev–Trinajstić information content (AvgIpc) is 2.95. The SMILES string of the molecule is CCNc1snnc1CN1C(=O)C2CC2C1=O. The van der Waals surface area contributed by atoms with Gasteiger partial charge in [-0.15, -0.1) is 5.10 Å². The zero-order valence-electron chi connectivity index (χ0n) is 9.34. The molecule has 1 aliphatic heterocycles. The molecule has 90 valence electrons. The maximum Gasteiger partial charge on any atom is 0.233 e. The van der Waals surface area contributed by atoms with Crippen LogP contribution in [0.15, 0.2) is 0 Å². The highest BCUT2D eigenvalue weighted by Gasteiger charge is 2.58. The van der Waals surface area contributed by atoms with Gasteiger partial charge in [-0.2, -0.15) is 0 Å². The monoisotopic (exact) mass is 252 g/mol. The molecule has 2 unspecified atom stereocenters. The van der Waals surface area contributed by atoms with Gasteiger partial charge in [-0.3, -0.25) is 14.5 Å². The first-order valence-corrected chi connectivity index (χ1v) is 6.40. The Bertz CT molecular complexity index is 466. The van der Waals surface area contributed by atoms with E-state index in [2.05, 4.69) is 14.9 Å². The van der Waals surface area contributed by atoms with E-state index in [0.717, 1.165) is 18.0 Å². The quantitative estimate of drug-likeness (QED) is 0.789. The van der Waals surface area contributed by atoms with Crippen molar-refractivity contribution in [2.24, 2.45) is 11.8 Å². The maximum absolute atomic E-state index is 11.8. The number of amides is 2. The molecule has 2 heterocycles. The number of nitrogens with one attached hydrogen (secondary N) is 1. The Morgan fingerprint density at radius 3 is 2.76 bits per heavy atom. The molecule has 2 fully saturated rings. The Morgan fingerprint density at radius 2 is 2.12 bits per heavy atom. The van der Waals surface area contributed by atoms with Crippen LogP contribution in [0.3, 0.4) is 0 Å². The second kappa shape index (κ2) is 3.76. The van der Waals surface area contributed by atoms with Gasteiger partial charge < -0.3 is 5.32 Å². The standard InChI is InChI=1S/C10H12N4O2S/c1-2-11-8-7(12-13-17-8)4-14-9(15)5-3-6(5)10(14)16/h5-6,11H,2-4H2,1H3. The lowest BCUT2D eigenvalue weighted by atomic mass is 10.3. The minimum atomic E-state index is -0.0459. The van der Waals surface area contributed by atoms with Gasteiger partial charge in [0.1, 0.15) is 10.7 Å². The van der Waals surface area contributed by atoms with Crippen molar-refractivity contribution in [3.8, 4) is 0 Å². The molecule has 7 heteroatoms. The molecule has 2 amide bonds. The van der Waals surface area contributed by atoms with Crippen LogP contribution in [0.1, 0.15) is 19.0 Å². The molecule has 1 aromatic heterocycles. The predicted molar refractivity (Wildman–Crippen MR) is 61.2 cm³/mol. The van der Waals surface area contributed by atoms with Crippen LogP contribution < -0.4 is 5.32 Å². The van der Waals surface area contributed by atoms with Gasteiger partial charge in [0.25, 0.3) is 0 Å². The Kier molecular flexibility index (Phi) is 2.36. The summed E-state index contributed by atoms with van der Waals surface area (Å²) in [5.41, 5.74) is 0.680. The summed E-state index contributed by atoms with van der Waals surface area (Å²) in [7, 11) is 0. The van der Waals surface area contributed by atoms with Crippen molar-refractivity contribution in [2.45, 2.75) is 19.9 Å². The molecule has 0 bridgehead atoms. The number of carbonyl (C=O) groups is 2. The third-order valence-electron chi connectivity index (χ3n) is 3.16. The van der Waals surface area contributed by atoms with Gasteiger partial charge in [0.05, 0.1) is 18.4 Å². The second-order valence-electron chi connectivity index (χ2n) is 4.29. The number of fused-ring (bicyclic) bond motifs is 1. The number of anilines is 1. The van der Waals surface area contributed by atoms with Gasteiger partial charge in [0, 0.05) is 18.1 Å². The maximum atomic E-state index is 11.8. The van der Waals surface area contributed by atoms with Crippen LogP contribution in [0.4, 0.5) is 5.00 Å². The first-order valence-electron chi connectivity index (χ1n) is 5.62. The molecule has 1 aromatic rings. The minimum Gasteiger partial charge on any atom is -0.374 e. The van der Waals surface area contributed by atoms with E-state index in [-0.39, 0.29) is 30.2 Å². The molecule has 1 aliphatic carbocycles. The van der Waals surface area contributed by atoms with E-state index in [1.165, 1.54) is 16.4 Å². The van der Waals surface area contributed by atoms with Crippen LogP contribution in [0, 0.1) is 11.8 Å². The number of imide groups is 1. The summed E-state index contributed by atoms with van der Waals surface area (Å²) in [5.74, 6) is -0.181. The third kappa shape index (κ3) is 1.61. The second-order valence-corrected chi connectivity index (χ2v) is 5.04. The van der Waals surface area contributed by atoms with Crippen molar-refractivity contribution in [3.05, 3.63) is 5.69 Å². The first-order chi connectivity index (χ1) is 8.22. The number of hydrogen-bond acceptors (Lipinski definition) is 6. The van der Waals surface area contributed by atoms with Gasteiger partial charge in [-0.1, -0.05) is 4.49 Å². The number of nitrogens with zero attached hydrogens (tertiary/aromatic N) is 3. The number of hydrogen-bond donors (Lipinski definition) is 1. The summed E-state index contributed by atoms with van der Waals surface area (Å²) < 4.78 is 3.84. The van der Waals surface area contributed by atoms with Gasteiger partial charge >= 0.3 is 0 Å². The number of rotatable bonds is 4. The van der Waals surface area contributed by atoms with Crippen LogP contribution in [0.2, 0.25) is 0 Å². The van der Waals surface area contributed by atoms with Crippen LogP contribution in [-0.4, -0.2) is 32.8 Å². The van der Waals surface area contributed by atoms with Gasteiger partial charge in [0.2, 0.25) is 11.8 Å². The molecule has 0 aromatic carbocycles. The molecule has 2 aliphatic rings. The average molecular weight is 252 g/mol. The van der Waals surface area contributed by atoms with Crippen molar-refractivity contribution in [1.82, 2.24) is 14.5 Å². The fourth-order valence-corrected chi connectivity index (χ4v) is 2.80. The summed E-state index contributed by atoms with van der Waals surface area (Å²) in [6.07, 6.45) is 0.740. The molecule has 3 rings (SSSR count). The molecule has 0 spiro atoms. The number of likely N-dealkylation sites (tertiary alicyclic amines) is 1. The molecular weight excluding hydrogens is 240 g/mol. The highest BCUT2D eigenvalue weighted by Crippen LogP contribution is 2.47. The predicted octanol–water partition coefficient (Wildman–Crippen LogP) is 0.475. The number of aromatic nitrogens is 2. The topological polar surface area (TPSA) is 75.2 Å². The Morgan fingerprint density at radius 1 is 1.41 bits per heavy atom. The zero-order valence-corrected chi connectivity index (χ0v) is 10.2. The summed E-state index contributed by atoms with van der Waals surface area (Å²) in [6, 6.07) is 0. The van der Waals surface area contributed by atoms with E-state index in [0.29, 0.717) is 5.69 Å². The van der Waals surface area contributed by atoms with E-state index in [1.807, 2.05) is 6.92 Å². The van der Waals surface area contributed by atoms with Crippen LogP contribution in [-0.2, 0) is 16.1 Å². The molecule has 1 N–H and O–H groups in total. The molecule has 1 saturated heterocycles. The van der Waals surface area contributed by atoms with Crippen LogP contribution in [0.5, 0.6) is 0 Å². The molecular formula is C10H12N4O2S. The summed E-state index contributed by atoms with van der Waals surface area (Å²) in [5, 5.41) is 7.93. The molecule has 2 atom stereocenters.